The smallest absolute Gasteiger partial charge is 0.0109 e. The van der Waals surface area contributed by atoms with E-state index in [0.29, 0.717) is 0 Å². The lowest BCUT2D eigenvalue weighted by Gasteiger charge is -2.26. The van der Waals surface area contributed by atoms with Crippen LogP contribution in [0.3, 0.4) is 0 Å². The molecule has 0 aliphatic rings. The average molecular weight is 129 g/mol. The van der Waals surface area contributed by atoms with Gasteiger partial charge in [-0.15, -0.1) is 0 Å². The van der Waals surface area contributed by atoms with E-state index in [0.717, 1.165) is 12.0 Å². The maximum absolute atomic E-state index is 2.30. The van der Waals surface area contributed by atoms with Crippen molar-refractivity contribution in [3.63, 3.8) is 0 Å². The van der Waals surface area contributed by atoms with Crippen LogP contribution in [0.15, 0.2) is 0 Å². The summed E-state index contributed by atoms with van der Waals surface area (Å²) in [5, 5.41) is 0. The first-order valence-electron chi connectivity index (χ1n) is 3.76. The molecule has 1 atom stereocenters. The van der Waals surface area contributed by atoms with Crippen LogP contribution in [0.2, 0.25) is 0 Å². The molecule has 56 valence electrons. The molecule has 1 heteroatoms. The molecule has 0 aromatic rings. The van der Waals surface area contributed by atoms with Gasteiger partial charge < -0.3 is 4.90 Å². The van der Waals surface area contributed by atoms with Crippen molar-refractivity contribution >= 4 is 0 Å². The summed E-state index contributed by atoms with van der Waals surface area (Å²) in [4.78, 5) is 2.30. The zero-order valence-electron chi connectivity index (χ0n) is 7.31. The summed E-state index contributed by atoms with van der Waals surface area (Å²) in [6.07, 6.45) is 1.25. The highest BCUT2D eigenvalue weighted by molar-refractivity contribution is 4.66. The minimum atomic E-state index is 0.755. The maximum Gasteiger partial charge on any atom is 0.0109 e. The highest BCUT2D eigenvalue weighted by atomic mass is 15.1. The third-order valence-electron chi connectivity index (χ3n) is 1.85. The van der Waals surface area contributed by atoms with Crippen LogP contribution in [0.25, 0.3) is 0 Å². The number of nitrogens with zero attached hydrogens (tertiary/aromatic N) is 1. The Labute approximate surface area is 59.1 Å². The van der Waals surface area contributed by atoms with Gasteiger partial charge in [0.15, 0.2) is 0 Å². The van der Waals surface area contributed by atoms with Crippen molar-refractivity contribution in [1.82, 2.24) is 4.90 Å². The van der Waals surface area contributed by atoms with E-state index in [1.54, 1.807) is 0 Å². The SMILES string of the molecule is CCC(C(C)C)N(C)C. The second-order valence-corrected chi connectivity index (χ2v) is 3.18. The van der Waals surface area contributed by atoms with Crippen molar-refractivity contribution in [2.75, 3.05) is 14.1 Å². The lowest BCUT2D eigenvalue weighted by Crippen LogP contribution is -2.31. The molecule has 0 radical (unpaired) electrons. The van der Waals surface area contributed by atoms with Crippen LogP contribution < -0.4 is 0 Å². The number of hydrogen-bond donors (Lipinski definition) is 0. The Balaban J connectivity index is 3.68. The fraction of sp³-hybridized carbons (Fsp3) is 1.00. The molecule has 0 saturated carbocycles. The van der Waals surface area contributed by atoms with Crippen molar-refractivity contribution in [2.24, 2.45) is 5.92 Å². The number of hydrogen-bond acceptors (Lipinski definition) is 1. The van der Waals surface area contributed by atoms with Gasteiger partial charge in [-0.3, -0.25) is 0 Å². The zero-order valence-corrected chi connectivity index (χ0v) is 7.31. The van der Waals surface area contributed by atoms with Gasteiger partial charge in [-0.25, -0.2) is 0 Å². The summed E-state index contributed by atoms with van der Waals surface area (Å²) in [6.45, 7) is 6.78. The Morgan fingerprint density at radius 1 is 1.22 bits per heavy atom. The first kappa shape index (κ1) is 8.96. The fourth-order valence-corrected chi connectivity index (χ4v) is 1.43. The molecule has 1 nitrogen and oxygen atoms in total. The molecule has 0 aromatic heterocycles. The van der Waals surface area contributed by atoms with Gasteiger partial charge in [-0.05, 0) is 26.4 Å². The standard InChI is InChI=1S/C8H19N/c1-6-8(7(2)3)9(4)5/h7-8H,6H2,1-5H3. The van der Waals surface area contributed by atoms with Crippen molar-refractivity contribution in [3.8, 4) is 0 Å². The molecule has 0 aliphatic carbocycles. The van der Waals surface area contributed by atoms with Gasteiger partial charge in [0.2, 0.25) is 0 Å². The van der Waals surface area contributed by atoms with Crippen LogP contribution in [0, 0.1) is 5.92 Å². The van der Waals surface area contributed by atoms with E-state index >= 15 is 0 Å². The highest BCUT2D eigenvalue weighted by Crippen LogP contribution is 2.09. The van der Waals surface area contributed by atoms with Crippen LogP contribution in [-0.4, -0.2) is 25.0 Å². The lowest BCUT2D eigenvalue weighted by atomic mass is 10.0. The van der Waals surface area contributed by atoms with Crippen molar-refractivity contribution in [3.05, 3.63) is 0 Å². The Bertz CT molecular complexity index is 59.0. The molecule has 0 amide bonds. The van der Waals surface area contributed by atoms with E-state index in [4.69, 9.17) is 0 Å². The predicted octanol–water partition coefficient (Wildman–Crippen LogP) is 1.98. The number of rotatable bonds is 3. The van der Waals surface area contributed by atoms with Gasteiger partial charge >= 0.3 is 0 Å². The average Bonchev–Trinajstić information content (AvgIpc) is 1.64. The molecule has 0 fully saturated rings. The molecule has 0 saturated heterocycles. The third-order valence-corrected chi connectivity index (χ3v) is 1.85. The molecule has 0 heterocycles. The maximum atomic E-state index is 2.30. The van der Waals surface area contributed by atoms with E-state index in [1.807, 2.05) is 0 Å². The van der Waals surface area contributed by atoms with Crippen molar-refractivity contribution in [2.45, 2.75) is 33.2 Å². The second kappa shape index (κ2) is 3.89. The summed E-state index contributed by atoms with van der Waals surface area (Å²) in [5.41, 5.74) is 0. The van der Waals surface area contributed by atoms with Gasteiger partial charge in [0.25, 0.3) is 0 Å². The summed E-state index contributed by atoms with van der Waals surface area (Å²) < 4.78 is 0. The van der Waals surface area contributed by atoms with Gasteiger partial charge in [-0.1, -0.05) is 20.8 Å². The van der Waals surface area contributed by atoms with E-state index < -0.39 is 0 Å². The van der Waals surface area contributed by atoms with Crippen molar-refractivity contribution in [1.29, 1.82) is 0 Å². The molecule has 0 spiro atoms. The minimum Gasteiger partial charge on any atom is -0.306 e. The summed E-state index contributed by atoms with van der Waals surface area (Å²) in [7, 11) is 4.29. The normalized spacial score (nSPS) is 15.0. The monoisotopic (exact) mass is 129 g/mol. The Morgan fingerprint density at radius 3 is 1.67 bits per heavy atom. The molecule has 9 heavy (non-hydrogen) atoms. The topological polar surface area (TPSA) is 3.24 Å². The van der Waals surface area contributed by atoms with Crippen LogP contribution >= 0.6 is 0 Å². The van der Waals surface area contributed by atoms with Crippen molar-refractivity contribution < 1.29 is 0 Å². The molecular weight excluding hydrogens is 110 g/mol. The summed E-state index contributed by atoms with van der Waals surface area (Å²) in [6, 6.07) is 0.755. The first-order valence-corrected chi connectivity index (χ1v) is 3.76. The van der Waals surface area contributed by atoms with E-state index in [-0.39, 0.29) is 0 Å². The molecule has 0 bridgehead atoms. The van der Waals surface area contributed by atoms with Crippen LogP contribution in [-0.2, 0) is 0 Å². The molecule has 0 aliphatic heterocycles. The van der Waals surface area contributed by atoms with Gasteiger partial charge in [0.1, 0.15) is 0 Å². The minimum absolute atomic E-state index is 0.755. The van der Waals surface area contributed by atoms with E-state index in [2.05, 4.69) is 39.8 Å². The van der Waals surface area contributed by atoms with Gasteiger partial charge in [-0.2, -0.15) is 0 Å². The fourth-order valence-electron chi connectivity index (χ4n) is 1.43. The summed E-state index contributed by atoms with van der Waals surface area (Å²) >= 11 is 0. The third kappa shape index (κ3) is 2.85. The quantitative estimate of drug-likeness (QED) is 0.563. The summed E-state index contributed by atoms with van der Waals surface area (Å²) in [5.74, 6) is 0.782. The second-order valence-electron chi connectivity index (χ2n) is 3.18. The molecular formula is C8H19N. The first-order chi connectivity index (χ1) is 4.09. The van der Waals surface area contributed by atoms with Crippen LogP contribution in [0.4, 0.5) is 0 Å². The Morgan fingerprint density at radius 2 is 1.67 bits per heavy atom. The van der Waals surface area contributed by atoms with Gasteiger partial charge in [0, 0.05) is 6.04 Å². The van der Waals surface area contributed by atoms with E-state index in [1.165, 1.54) is 6.42 Å². The van der Waals surface area contributed by atoms with Crippen LogP contribution in [0.1, 0.15) is 27.2 Å². The zero-order chi connectivity index (χ0) is 7.44. The molecule has 0 rings (SSSR count). The lowest BCUT2D eigenvalue weighted by molar-refractivity contribution is 0.225. The molecule has 1 unspecified atom stereocenters. The molecule has 0 aromatic carbocycles. The highest BCUT2D eigenvalue weighted by Gasteiger charge is 2.11. The molecule has 0 N–H and O–H groups in total. The Kier molecular flexibility index (Phi) is 3.87. The largest absolute Gasteiger partial charge is 0.306 e. The Hall–Kier alpha value is -0.0400. The van der Waals surface area contributed by atoms with E-state index in [9.17, 15) is 0 Å². The van der Waals surface area contributed by atoms with Gasteiger partial charge in [0.05, 0.1) is 0 Å². The predicted molar refractivity (Wildman–Crippen MR) is 42.6 cm³/mol. The van der Waals surface area contributed by atoms with Crippen LogP contribution in [0.5, 0.6) is 0 Å².